The first-order valence-corrected chi connectivity index (χ1v) is 16.2. The summed E-state index contributed by atoms with van der Waals surface area (Å²) >= 11 is 0. The lowest BCUT2D eigenvalue weighted by Crippen LogP contribution is -2.51. The Bertz CT molecular complexity index is 1500. The summed E-state index contributed by atoms with van der Waals surface area (Å²) in [5.41, 5.74) is 4.61. The molecule has 4 aromatic rings. The minimum atomic E-state index is -1.96. The van der Waals surface area contributed by atoms with E-state index in [1.165, 1.54) is 4.57 Å². The zero-order chi connectivity index (χ0) is 28.7. The maximum Gasteiger partial charge on any atom is 0.423 e. The highest BCUT2D eigenvalue weighted by atomic mass is 28.3. The lowest BCUT2D eigenvalue weighted by Gasteiger charge is -2.44. The number of carbonyl (C=O) groups excluding carboxylic acids is 1. The van der Waals surface area contributed by atoms with E-state index in [4.69, 9.17) is 4.74 Å². The van der Waals surface area contributed by atoms with Gasteiger partial charge < -0.3 is 8.97 Å². The molecule has 4 rings (SSSR count). The second-order valence-electron chi connectivity index (χ2n) is 12.5. The van der Waals surface area contributed by atoms with E-state index in [-0.39, 0.29) is 0 Å². The number of carbonyl (C=O) groups is 1. The molecule has 0 fully saturated rings. The number of hydrogen-bond donors (Lipinski definition) is 0. The number of ether oxygens (including phenoxy) is 1. The fourth-order valence-electron chi connectivity index (χ4n) is 6.62. The molecule has 7 heteroatoms. The average molecular weight is 546 g/mol. The molecule has 0 aliphatic rings. The van der Waals surface area contributed by atoms with Crippen molar-refractivity contribution in [3.05, 3.63) is 83.0 Å². The van der Waals surface area contributed by atoms with Crippen LogP contribution in [-0.4, -0.2) is 33.3 Å². The SMILES string of the molecule is CC(C)[Si](C(C)C)(C(C)C)n1ccc(-c2cccc3c2n(C(=O)OC(C)(C)C)c(=O)n3Cc2ccccc2)c1. The third-order valence-corrected chi connectivity index (χ3v) is 14.7. The van der Waals surface area contributed by atoms with Crippen LogP contribution in [0.1, 0.15) is 67.9 Å². The Hall–Kier alpha value is -3.32. The van der Waals surface area contributed by atoms with E-state index in [9.17, 15) is 9.59 Å². The summed E-state index contributed by atoms with van der Waals surface area (Å²) in [6.45, 7) is 19.9. The van der Waals surface area contributed by atoms with Gasteiger partial charge in [-0.25, -0.2) is 9.59 Å². The zero-order valence-electron chi connectivity index (χ0n) is 24.9. The van der Waals surface area contributed by atoms with Gasteiger partial charge in [0.25, 0.3) is 0 Å². The molecule has 2 aromatic carbocycles. The summed E-state index contributed by atoms with van der Waals surface area (Å²) in [5.74, 6) is 0. The first kappa shape index (κ1) is 28.7. The summed E-state index contributed by atoms with van der Waals surface area (Å²) in [6.07, 6.45) is 3.78. The van der Waals surface area contributed by atoms with Crippen molar-refractivity contribution in [3.63, 3.8) is 0 Å². The van der Waals surface area contributed by atoms with Gasteiger partial charge in [0, 0.05) is 17.3 Å². The molecule has 39 heavy (non-hydrogen) atoms. The fraction of sp³-hybridized carbons (Fsp3) is 0.438. The van der Waals surface area contributed by atoms with E-state index in [0.29, 0.717) is 34.2 Å². The van der Waals surface area contributed by atoms with Crippen LogP contribution >= 0.6 is 0 Å². The van der Waals surface area contributed by atoms with Crippen molar-refractivity contribution < 1.29 is 9.53 Å². The largest absolute Gasteiger partial charge is 0.443 e. The molecule has 0 unspecified atom stereocenters. The Morgan fingerprint density at radius 2 is 1.49 bits per heavy atom. The molecule has 0 bridgehead atoms. The van der Waals surface area contributed by atoms with Gasteiger partial charge in [-0.2, -0.15) is 4.57 Å². The highest BCUT2D eigenvalue weighted by molar-refractivity contribution is 6.82. The molecule has 0 saturated heterocycles. The van der Waals surface area contributed by atoms with Crippen LogP contribution in [0.5, 0.6) is 0 Å². The minimum Gasteiger partial charge on any atom is -0.443 e. The fourth-order valence-corrected chi connectivity index (χ4v) is 13.1. The number of benzene rings is 2. The number of fused-ring (bicyclic) bond motifs is 1. The van der Waals surface area contributed by atoms with Crippen LogP contribution in [0.2, 0.25) is 16.6 Å². The molecule has 0 amide bonds. The van der Waals surface area contributed by atoms with Crippen molar-refractivity contribution in [1.29, 1.82) is 0 Å². The minimum absolute atomic E-state index is 0.362. The zero-order valence-corrected chi connectivity index (χ0v) is 25.9. The van der Waals surface area contributed by atoms with E-state index < -0.39 is 25.6 Å². The first-order valence-electron chi connectivity index (χ1n) is 14.0. The van der Waals surface area contributed by atoms with Gasteiger partial charge in [0.2, 0.25) is 0 Å². The predicted molar refractivity (Wildman–Crippen MR) is 163 cm³/mol. The van der Waals surface area contributed by atoms with Gasteiger partial charge in [0.1, 0.15) is 5.60 Å². The highest BCUT2D eigenvalue weighted by Crippen LogP contribution is 2.43. The lowest BCUT2D eigenvalue weighted by atomic mass is 10.1. The second kappa shape index (κ2) is 10.7. The Morgan fingerprint density at radius 3 is 2.05 bits per heavy atom. The van der Waals surface area contributed by atoms with Crippen molar-refractivity contribution >= 4 is 25.4 Å². The van der Waals surface area contributed by atoms with E-state index >= 15 is 0 Å². The van der Waals surface area contributed by atoms with Gasteiger partial charge in [0.05, 0.1) is 17.6 Å². The van der Waals surface area contributed by atoms with Gasteiger partial charge in [-0.15, -0.1) is 0 Å². The summed E-state index contributed by atoms with van der Waals surface area (Å²) in [6, 6.07) is 17.8. The molecule has 0 saturated carbocycles. The number of nitrogens with zero attached hydrogens (tertiary/aromatic N) is 3. The van der Waals surface area contributed by atoms with Gasteiger partial charge in [-0.1, -0.05) is 84.0 Å². The van der Waals surface area contributed by atoms with E-state index in [1.807, 2.05) is 69.3 Å². The standard InChI is InChI=1S/C32H43N3O3Si/c1-22(2)39(23(3)4,24(5)6)33-19-18-26(21-33)27-16-13-17-28-29(27)35(31(37)38-32(7,8)9)30(36)34(28)20-25-14-11-10-12-15-25/h10-19,21-24H,20H2,1-9H3. The summed E-state index contributed by atoms with van der Waals surface area (Å²) in [7, 11) is -1.96. The Kier molecular flexibility index (Phi) is 7.86. The van der Waals surface area contributed by atoms with Gasteiger partial charge in [-0.3, -0.25) is 4.57 Å². The summed E-state index contributed by atoms with van der Waals surface area (Å²) in [5, 5.41) is 0. The van der Waals surface area contributed by atoms with Crippen LogP contribution in [-0.2, 0) is 11.3 Å². The molecule has 6 nitrogen and oxygen atoms in total. The monoisotopic (exact) mass is 545 g/mol. The molecule has 0 spiro atoms. The van der Waals surface area contributed by atoms with E-state index in [0.717, 1.165) is 16.7 Å². The number of para-hydroxylation sites is 1. The van der Waals surface area contributed by atoms with Crippen LogP contribution in [0.15, 0.2) is 71.8 Å². The van der Waals surface area contributed by atoms with Crippen LogP contribution in [0.4, 0.5) is 4.79 Å². The summed E-state index contributed by atoms with van der Waals surface area (Å²) in [4.78, 5) is 27.4. The highest BCUT2D eigenvalue weighted by Gasteiger charge is 2.45. The lowest BCUT2D eigenvalue weighted by molar-refractivity contribution is 0.0537. The quantitative estimate of drug-likeness (QED) is 0.220. The van der Waals surface area contributed by atoms with Crippen LogP contribution < -0.4 is 5.69 Å². The van der Waals surface area contributed by atoms with Crippen molar-refractivity contribution in [3.8, 4) is 11.1 Å². The van der Waals surface area contributed by atoms with Gasteiger partial charge >= 0.3 is 11.8 Å². The molecule has 0 atom stereocenters. The second-order valence-corrected chi connectivity index (χ2v) is 18.3. The molecular formula is C32H43N3O3Si. The summed E-state index contributed by atoms with van der Waals surface area (Å²) < 4.78 is 11.1. The average Bonchev–Trinajstić information content (AvgIpc) is 3.42. The molecule has 2 heterocycles. The first-order chi connectivity index (χ1) is 18.3. The Morgan fingerprint density at radius 1 is 0.872 bits per heavy atom. The smallest absolute Gasteiger partial charge is 0.423 e. The van der Waals surface area contributed by atoms with Crippen molar-refractivity contribution in [2.75, 3.05) is 0 Å². The van der Waals surface area contributed by atoms with E-state index in [2.05, 4.69) is 64.2 Å². The molecule has 2 aromatic heterocycles. The number of imidazole rings is 1. The van der Waals surface area contributed by atoms with Crippen molar-refractivity contribution in [2.45, 2.75) is 91.1 Å². The molecule has 208 valence electrons. The molecule has 0 radical (unpaired) electrons. The molecule has 0 aliphatic carbocycles. The third-order valence-electron chi connectivity index (χ3n) is 7.94. The van der Waals surface area contributed by atoms with Crippen LogP contribution in [0.25, 0.3) is 22.2 Å². The molecule has 0 N–H and O–H groups in total. The molecule has 0 aliphatic heterocycles. The van der Waals surface area contributed by atoms with Crippen molar-refractivity contribution in [1.82, 2.24) is 13.4 Å². The third kappa shape index (κ3) is 5.16. The maximum atomic E-state index is 13.9. The maximum absolute atomic E-state index is 13.9. The van der Waals surface area contributed by atoms with Gasteiger partial charge in [0.15, 0.2) is 8.24 Å². The normalized spacial score (nSPS) is 12.7. The van der Waals surface area contributed by atoms with Crippen LogP contribution in [0, 0.1) is 0 Å². The Balaban J connectivity index is 1.97. The number of aromatic nitrogens is 3. The number of rotatable bonds is 7. The van der Waals surface area contributed by atoms with Crippen molar-refractivity contribution in [2.24, 2.45) is 0 Å². The van der Waals surface area contributed by atoms with Crippen LogP contribution in [0.3, 0.4) is 0 Å². The molecular weight excluding hydrogens is 502 g/mol. The van der Waals surface area contributed by atoms with Gasteiger partial charge in [-0.05, 0) is 61.3 Å². The predicted octanol–water partition coefficient (Wildman–Crippen LogP) is 8.13. The van der Waals surface area contributed by atoms with E-state index in [1.54, 1.807) is 4.57 Å². The number of hydrogen-bond acceptors (Lipinski definition) is 3. The Labute approximate surface area is 233 Å². The topological polar surface area (TPSA) is 58.2 Å².